The van der Waals surface area contributed by atoms with Crippen LogP contribution in [-0.4, -0.2) is 61.7 Å². The van der Waals surface area contributed by atoms with E-state index in [9.17, 15) is 14.7 Å². The quantitative estimate of drug-likeness (QED) is 0.217. The van der Waals surface area contributed by atoms with Gasteiger partial charge < -0.3 is 25.2 Å². The third kappa shape index (κ3) is 6.22. The summed E-state index contributed by atoms with van der Waals surface area (Å²) in [5.74, 6) is 0.613. The van der Waals surface area contributed by atoms with Gasteiger partial charge in [0.25, 0.3) is 5.56 Å². The van der Waals surface area contributed by atoms with Gasteiger partial charge in [-0.2, -0.15) is 0 Å². The molecule has 2 atom stereocenters. The highest BCUT2D eigenvalue weighted by Crippen LogP contribution is 2.42. The molecule has 244 valence electrons. The van der Waals surface area contributed by atoms with E-state index in [2.05, 4.69) is 20.6 Å². The van der Waals surface area contributed by atoms with Crippen LogP contribution in [0.5, 0.6) is 5.88 Å². The van der Waals surface area contributed by atoms with Crippen molar-refractivity contribution in [3.05, 3.63) is 90.9 Å². The second-order valence-corrected chi connectivity index (χ2v) is 12.1. The number of nitrogens with zero attached hydrogens (tertiary/aromatic N) is 5. The third-order valence-corrected chi connectivity index (χ3v) is 9.07. The second-order valence-electron chi connectivity index (χ2n) is 11.3. The number of methoxy groups -OCH3 is 1. The van der Waals surface area contributed by atoms with Crippen molar-refractivity contribution in [2.75, 3.05) is 25.6 Å². The van der Waals surface area contributed by atoms with E-state index in [1.54, 1.807) is 32.3 Å². The van der Waals surface area contributed by atoms with Crippen molar-refractivity contribution in [2.24, 2.45) is 14.1 Å². The van der Waals surface area contributed by atoms with Gasteiger partial charge in [-0.1, -0.05) is 53.5 Å². The molecule has 0 aliphatic carbocycles. The van der Waals surface area contributed by atoms with Crippen LogP contribution in [0.25, 0.3) is 33.3 Å². The number of fused-ring (bicyclic) bond motifs is 1. The van der Waals surface area contributed by atoms with E-state index in [1.165, 1.54) is 18.7 Å². The predicted molar refractivity (Wildman–Crippen MR) is 182 cm³/mol. The molecule has 0 bridgehead atoms. The number of aryl methyl sites for hydroxylation is 2. The van der Waals surface area contributed by atoms with Crippen molar-refractivity contribution in [1.29, 1.82) is 0 Å². The molecule has 0 unspecified atom stereocenters. The number of halogens is 2. The summed E-state index contributed by atoms with van der Waals surface area (Å²) in [6.07, 6.45) is 1.72. The molecule has 1 fully saturated rings. The van der Waals surface area contributed by atoms with E-state index in [0.29, 0.717) is 87.1 Å². The zero-order valence-electron chi connectivity index (χ0n) is 26.2. The Morgan fingerprint density at radius 3 is 2.51 bits per heavy atom. The molecule has 1 aliphatic heterocycles. The molecule has 4 heterocycles. The Morgan fingerprint density at radius 1 is 1.04 bits per heavy atom. The van der Waals surface area contributed by atoms with E-state index < -0.39 is 17.4 Å². The van der Waals surface area contributed by atoms with Crippen LogP contribution in [0.1, 0.15) is 17.8 Å². The smallest absolute Gasteiger partial charge is 0.330 e. The number of benzene rings is 2. The number of ether oxygens (including phenoxy) is 2. The number of pyridine rings is 1. The van der Waals surface area contributed by atoms with E-state index in [1.807, 2.05) is 30.3 Å². The van der Waals surface area contributed by atoms with Gasteiger partial charge in [0.05, 0.1) is 53.0 Å². The zero-order valence-corrected chi connectivity index (χ0v) is 27.7. The lowest BCUT2D eigenvalue weighted by molar-refractivity contribution is -0.0281. The molecule has 47 heavy (non-hydrogen) atoms. The van der Waals surface area contributed by atoms with Gasteiger partial charge in [0.15, 0.2) is 0 Å². The first-order valence-corrected chi connectivity index (χ1v) is 15.7. The summed E-state index contributed by atoms with van der Waals surface area (Å²) >= 11 is 14.0. The first kappa shape index (κ1) is 32.6. The van der Waals surface area contributed by atoms with Gasteiger partial charge >= 0.3 is 5.69 Å². The Labute approximate surface area is 279 Å². The van der Waals surface area contributed by atoms with E-state index in [4.69, 9.17) is 37.7 Å². The Morgan fingerprint density at radius 2 is 1.77 bits per heavy atom. The summed E-state index contributed by atoms with van der Waals surface area (Å²) in [6, 6.07) is 12.6. The SMILES string of the molecule is COc1nc(-c2cccc(-c3cccc(Nc4nc(C)cc5c4c(=O)n(C)c(=O)n5C)c3Cl)c2Cl)cnc1CN[C@@H]1CCOC[C@H]1O. The van der Waals surface area contributed by atoms with Crippen LogP contribution in [0, 0.1) is 6.92 Å². The molecule has 0 radical (unpaired) electrons. The number of rotatable bonds is 8. The van der Waals surface area contributed by atoms with Crippen molar-refractivity contribution in [3.8, 4) is 28.3 Å². The Balaban J connectivity index is 1.34. The molecule has 6 rings (SSSR count). The fourth-order valence-electron chi connectivity index (χ4n) is 5.71. The second kappa shape index (κ2) is 13.4. The molecule has 3 N–H and O–H groups in total. The maximum absolute atomic E-state index is 13.2. The lowest BCUT2D eigenvalue weighted by atomic mass is 10.0. The molecule has 0 saturated carbocycles. The standard InChI is InChI=1S/C33H33Cl2N7O5/c1-17-13-25-27(32(44)42(3)33(45)41(25)2)30(38-17)39-22-10-6-8-19(29(22)35)18-7-5-9-20(28(18)34)23-14-37-24(31(40-23)46-4)15-36-21-11-12-47-16-26(21)43/h5-10,13-14,21,26,36,43H,11-12,15-16H2,1-4H3,(H,38,39)/t21-,26-/m1/s1. The van der Waals surface area contributed by atoms with Gasteiger partial charge in [-0.15, -0.1) is 0 Å². The monoisotopic (exact) mass is 677 g/mol. The van der Waals surface area contributed by atoms with Crippen LogP contribution in [0.3, 0.4) is 0 Å². The molecule has 2 aromatic carbocycles. The van der Waals surface area contributed by atoms with Crippen LogP contribution in [-0.2, 0) is 25.4 Å². The van der Waals surface area contributed by atoms with Crippen LogP contribution in [0.2, 0.25) is 10.0 Å². The van der Waals surface area contributed by atoms with Gasteiger partial charge in [0.1, 0.15) is 16.9 Å². The van der Waals surface area contributed by atoms with Crippen molar-refractivity contribution in [3.63, 3.8) is 0 Å². The summed E-state index contributed by atoms with van der Waals surface area (Å²) in [6.45, 7) is 3.01. The average Bonchev–Trinajstić information content (AvgIpc) is 3.07. The Bertz CT molecular complexity index is 2120. The van der Waals surface area contributed by atoms with Crippen LogP contribution in [0.4, 0.5) is 11.5 Å². The maximum Gasteiger partial charge on any atom is 0.330 e. The van der Waals surface area contributed by atoms with Crippen LogP contribution < -0.4 is 26.6 Å². The van der Waals surface area contributed by atoms with Gasteiger partial charge in [0, 0.05) is 55.7 Å². The van der Waals surface area contributed by atoms with Gasteiger partial charge in [-0.05, 0) is 25.5 Å². The molecule has 1 saturated heterocycles. The minimum Gasteiger partial charge on any atom is -0.480 e. The Hall–Kier alpha value is -4.33. The Kier molecular flexibility index (Phi) is 9.31. The van der Waals surface area contributed by atoms with Gasteiger partial charge in [0.2, 0.25) is 5.88 Å². The molecule has 14 heteroatoms. The number of hydrogen-bond acceptors (Lipinski definition) is 10. The van der Waals surface area contributed by atoms with Crippen molar-refractivity contribution >= 4 is 45.6 Å². The third-order valence-electron chi connectivity index (χ3n) is 8.26. The minimum absolute atomic E-state index is 0.115. The van der Waals surface area contributed by atoms with Gasteiger partial charge in [-0.25, -0.2) is 14.8 Å². The lowest BCUT2D eigenvalue weighted by Crippen LogP contribution is -2.46. The van der Waals surface area contributed by atoms with Crippen molar-refractivity contribution < 1.29 is 14.6 Å². The summed E-state index contributed by atoms with van der Waals surface area (Å²) < 4.78 is 13.3. The van der Waals surface area contributed by atoms with Crippen molar-refractivity contribution in [2.45, 2.75) is 32.0 Å². The molecule has 3 aromatic heterocycles. The maximum atomic E-state index is 13.2. The fourth-order valence-corrected chi connectivity index (χ4v) is 6.31. The number of hydrogen-bond donors (Lipinski definition) is 3. The zero-order chi connectivity index (χ0) is 33.4. The number of aliphatic hydroxyl groups excluding tert-OH is 1. The summed E-state index contributed by atoms with van der Waals surface area (Å²) in [7, 11) is 4.57. The van der Waals surface area contributed by atoms with E-state index >= 15 is 0 Å². The number of nitrogens with one attached hydrogen (secondary N) is 2. The fraction of sp³-hybridized carbons (Fsp3) is 0.303. The molecular formula is C33H33Cl2N7O5. The number of anilines is 2. The van der Waals surface area contributed by atoms with Gasteiger partial charge in [-0.3, -0.25) is 18.9 Å². The van der Waals surface area contributed by atoms with Crippen LogP contribution in [0.15, 0.2) is 58.3 Å². The first-order valence-electron chi connectivity index (χ1n) is 14.9. The van der Waals surface area contributed by atoms with E-state index in [-0.39, 0.29) is 17.2 Å². The summed E-state index contributed by atoms with van der Waals surface area (Å²) in [5.41, 5.74) is 3.67. The normalized spacial score (nSPS) is 16.4. The highest BCUT2D eigenvalue weighted by atomic mass is 35.5. The summed E-state index contributed by atoms with van der Waals surface area (Å²) in [5, 5.41) is 17.8. The molecule has 0 spiro atoms. The lowest BCUT2D eigenvalue weighted by Gasteiger charge is -2.28. The minimum atomic E-state index is -0.598. The molecule has 12 nitrogen and oxygen atoms in total. The average molecular weight is 679 g/mol. The van der Waals surface area contributed by atoms with E-state index in [0.717, 1.165) is 4.57 Å². The largest absolute Gasteiger partial charge is 0.480 e. The highest BCUT2D eigenvalue weighted by molar-refractivity contribution is 6.39. The first-order chi connectivity index (χ1) is 22.6. The topological polar surface area (TPSA) is 145 Å². The molecule has 5 aromatic rings. The molecule has 1 aliphatic rings. The summed E-state index contributed by atoms with van der Waals surface area (Å²) in [4.78, 5) is 39.6. The molecular weight excluding hydrogens is 645 g/mol. The van der Waals surface area contributed by atoms with Crippen LogP contribution >= 0.6 is 23.2 Å². The van der Waals surface area contributed by atoms with Crippen molar-refractivity contribution in [1.82, 2.24) is 29.4 Å². The number of aliphatic hydroxyl groups is 1. The molecule has 0 amide bonds. The number of aromatic nitrogens is 5. The predicted octanol–water partition coefficient (Wildman–Crippen LogP) is 4.36. The highest BCUT2D eigenvalue weighted by Gasteiger charge is 2.24.